The molecule has 0 spiro atoms. The zero-order valence-electron chi connectivity index (χ0n) is 57.8. The Bertz CT molecular complexity index is 1780. The first-order valence-electron chi connectivity index (χ1n) is 38.2. The van der Waals surface area contributed by atoms with Crippen LogP contribution >= 0.6 is 0 Å². The quantitative estimate of drug-likeness (QED) is 0.0370. The van der Waals surface area contributed by atoms with Gasteiger partial charge in [0.25, 0.3) is 0 Å². The van der Waals surface area contributed by atoms with Gasteiger partial charge in [-0.05, 0) is 61.1 Å². The summed E-state index contributed by atoms with van der Waals surface area (Å²) in [6.45, 7) is 4.60. The molecule has 0 saturated heterocycles. The van der Waals surface area contributed by atoms with E-state index in [0.717, 1.165) is 36.8 Å². The molecular formula is C78H142CaO6S2. The average molecular weight is 1280 g/mol. The largest absolute Gasteiger partial charge is 2.00 e. The Morgan fingerprint density at radius 1 is 0.230 bits per heavy atom. The van der Waals surface area contributed by atoms with E-state index in [1.54, 1.807) is 12.1 Å². The van der Waals surface area contributed by atoms with Gasteiger partial charge in [-0.3, -0.25) is 0 Å². The molecule has 0 saturated carbocycles. The standard InChI is InChI=1S/2C39H72O3S.Ca/c2*1-2-3-4-5-6-7-8-9-10-11-12-13-14-15-16-17-18-19-20-21-22-23-24-25-26-27-28-29-30-31-32-34-38-35-33-36-39(37-38)43(40,41)42;/h2*33,35-37H,2-32,34H2,1H3,(H,40,41,42);/q;;+2/p-2. The smallest absolute Gasteiger partial charge is 0.744 e. The molecule has 0 aliphatic heterocycles. The molecule has 0 atom stereocenters. The summed E-state index contributed by atoms with van der Waals surface area (Å²) in [7, 11) is -8.69. The molecule has 0 aromatic heterocycles. The summed E-state index contributed by atoms with van der Waals surface area (Å²) in [5.41, 5.74) is 1.90. The summed E-state index contributed by atoms with van der Waals surface area (Å²) in [6.07, 6.45) is 89.0. The van der Waals surface area contributed by atoms with Gasteiger partial charge in [-0.2, -0.15) is 0 Å². The van der Waals surface area contributed by atoms with Gasteiger partial charge in [-0.1, -0.05) is 423 Å². The van der Waals surface area contributed by atoms with Crippen molar-refractivity contribution >= 4 is 58.0 Å². The van der Waals surface area contributed by atoms with Gasteiger partial charge < -0.3 is 9.11 Å². The fraction of sp³-hybridized carbons (Fsp3) is 0.846. The number of hydrogen-bond acceptors (Lipinski definition) is 6. The van der Waals surface area contributed by atoms with E-state index in [-0.39, 0.29) is 47.5 Å². The summed E-state index contributed by atoms with van der Waals surface area (Å²) >= 11 is 0. The predicted octanol–water partition coefficient (Wildman–Crippen LogP) is 26.1. The van der Waals surface area contributed by atoms with E-state index in [0.29, 0.717) is 0 Å². The summed E-state index contributed by atoms with van der Waals surface area (Å²) < 4.78 is 66.9. The first-order chi connectivity index (χ1) is 42.1. The molecule has 504 valence electrons. The van der Waals surface area contributed by atoms with E-state index in [2.05, 4.69) is 13.8 Å². The molecule has 2 rings (SSSR count). The molecule has 0 bridgehead atoms. The Kier molecular flexibility index (Phi) is 66.6. The third-order valence-electron chi connectivity index (χ3n) is 18.5. The predicted molar refractivity (Wildman–Crippen MR) is 380 cm³/mol. The van der Waals surface area contributed by atoms with Crippen LogP contribution in [-0.4, -0.2) is 63.7 Å². The van der Waals surface area contributed by atoms with E-state index in [9.17, 15) is 25.9 Å². The molecule has 0 aliphatic rings. The molecule has 0 N–H and O–H groups in total. The van der Waals surface area contributed by atoms with Crippen LogP contribution in [0.4, 0.5) is 0 Å². The van der Waals surface area contributed by atoms with Crippen molar-refractivity contribution in [2.75, 3.05) is 0 Å². The van der Waals surface area contributed by atoms with E-state index < -0.39 is 20.2 Å². The fourth-order valence-corrected chi connectivity index (χ4v) is 13.9. The molecule has 6 nitrogen and oxygen atoms in total. The monoisotopic (exact) mass is 1280 g/mol. The molecule has 0 fully saturated rings. The van der Waals surface area contributed by atoms with Crippen molar-refractivity contribution in [3.63, 3.8) is 0 Å². The molecule has 9 heteroatoms. The molecule has 2 aromatic rings. The second-order valence-electron chi connectivity index (χ2n) is 26.9. The molecule has 0 amide bonds. The Labute approximate surface area is 573 Å². The number of unbranched alkanes of at least 4 members (excludes halogenated alkanes) is 60. The second kappa shape index (κ2) is 67.0. The third-order valence-corrected chi connectivity index (χ3v) is 20.2. The van der Waals surface area contributed by atoms with Gasteiger partial charge in [0.05, 0.1) is 9.79 Å². The minimum Gasteiger partial charge on any atom is -0.744 e. The van der Waals surface area contributed by atoms with Crippen molar-refractivity contribution < 1.29 is 25.9 Å². The number of hydrogen-bond donors (Lipinski definition) is 0. The average Bonchev–Trinajstić information content (AvgIpc) is 3.50. The van der Waals surface area contributed by atoms with Gasteiger partial charge in [0, 0.05) is 0 Å². The van der Waals surface area contributed by atoms with E-state index in [1.165, 1.54) is 410 Å². The van der Waals surface area contributed by atoms with Crippen molar-refractivity contribution in [3.05, 3.63) is 59.7 Å². The van der Waals surface area contributed by atoms with Crippen LogP contribution in [0.5, 0.6) is 0 Å². The summed E-state index contributed by atoms with van der Waals surface area (Å²) in [5, 5.41) is 0. The normalized spacial score (nSPS) is 11.7. The zero-order chi connectivity index (χ0) is 62.2. The van der Waals surface area contributed by atoms with E-state index in [1.807, 2.05) is 12.1 Å². The third kappa shape index (κ3) is 62.7. The van der Waals surface area contributed by atoms with E-state index in [4.69, 9.17) is 0 Å². The molecule has 87 heavy (non-hydrogen) atoms. The van der Waals surface area contributed by atoms with Crippen LogP contribution in [0.15, 0.2) is 58.3 Å². The minimum atomic E-state index is -4.35. The first kappa shape index (κ1) is 86.5. The SMILES string of the molecule is CCCCCCCCCCCCCCCCCCCCCCCCCCCCCCCCCc1cccc(S(=O)(=O)[O-])c1.CCCCCCCCCCCCCCCCCCCCCCCCCCCCCCCCCc1cccc(S(=O)(=O)[O-])c1.[Ca+2]. The Morgan fingerprint density at radius 2 is 0.368 bits per heavy atom. The summed E-state index contributed by atoms with van der Waals surface area (Å²) in [6, 6.07) is 13.0. The topological polar surface area (TPSA) is 114 Å². The van der Waals surface area contributed by atoms with Crippen molar-refractivity contribution in [2.45, 2.75) is 435 Å². The van der Waals surface area contributed by atoms with Crippen molar-refractivity contribution in [2.24, 2.45) is 0 Å². The van der Waals surface area contributed by atoms with Crippen molar-refractivity contribution in [1.29, 1.82) is 0 Å². The zero-order valence-corrected chi connectivity index (χ0v) is 61.7. The Balaban J connectivity index is 0.00000168. The van der Waals surface area contributed by atoms with Gasteiger partial charge in [0.2, 0.25) is 0 Å². The molecule has 0 heterocycles. The molecule has 2 aromatic carbocycles. The maximum atomic E-state index is 11.1. The van der Waals surface area contributed by atoms with Crippen LogP contribution in [0.25, 0.3) is 0 Å². The summed E-state index contributed by atoms with van der Waals surface area (Å²) in [4.78, 5) is -0.212. The molecule has 0 aliphatic carbocycles. The Morgan fingerprint density at radius 3 is 0.506 bits per heavy atom. The maximum absolute atomic E-state index is 11.1. The molecule has 0 radical (unpaired) electrons. The van der Waals surface area contributed by atoms with Crippen LogP contribution in [-0.2, 0) is 33.1 Å². The minimum absolute atomic E-state index is 0. The van der Waals surface area contributed by atoms with Crippen LogP contribution < -0.4 is 0 Å². The maximum Gasteiger partial charge on any atom is 2.00 e. The van der Waals surface area contributed by atoms with Gasteiger partial charge in [0.1, 0.15) is 20.2 Å². The van der Waals surface area contributed by atoms with Gasteiger partial charge in [0.15, 0.2) is 0 Å². The second-order valence-corrected chi connectivity index (χ2v) is 29.7. The van der Waals surface area contributed by atoms with Gasteiger partial charge in [-0.15, -0.1) is 0 Å². The number of benzene rings is 2. The molecule has 0 unspecified atom stereocenters. The van der Waals surface area contributed by atoms with Crippen LogP contribution in [0.1, 0.15) is 423 Å². The Hall–Kier alpha value is -0.480. The number of aryl methyl sites for hydroxylation is 2. The van der Waals surface area contributed by atoms with Crippen LogP contribution in [0.3, 0.4) is 0 Å². The first-order valence-corrected chi connectivity index (χ1v) is 41.0. The fourth-order valence-electron chi connectivity index (χ4n) is 12.8. The van der Waals surface area contributed by atoms with Gasteiger partial charge in [-0.25, -0.2) is 16.8 Å². The molecular weight excluding hydrogens is 1140 g/mol. The van der Waals surface area contributed by atoms with Crippen molar-refractivity contribution in [1.82, 2.24) is 0 Å². The van der Waals surface area contributed by atoms with Crippen LogP contribution in [0.2, 0.25) is 0 Å². The van der Waals surface area contributed by atoms with Crippen LogP contribution in [0, 0.1) is 0 Å². The van der Waals surface area contributed by atoms with E-state index >= 15 is 0 Å². The number of rotatable bonds is 66. The van der Waals surface area contributed by atoms with Gasteiger partial charge >= 0.3 is 37.7 Å². The van der Waals surface area contributed by atoms with Crippen molar-refractivity contribution in [3.8, 4) is 0 Å². The summed E-state index contributed by atoms with van der Waals surface area (Å²) in [5.74, 6) is 0.